The first-order valence-electron chi connectivity index (χ1n) is 7.88. The quantitative estimate of drug-likeness (QED) is 0.234. The first kappa shape index (κ1) is 23.1. The summed E-state index contributed by atoms with van der Waals surface area (Å²) in [5, 5.41) is 6.58. The van der Waals surface area contributed by atoms with Gasteiger partial charge in [-0.2, -0.15) is 0 Å². The molecule has 0 radical (unpaired) electrons. The largest absolute Gasteiger partial charge is 0.382 e. The summed E-state index contributed by atoms with van der Waals surface area (Å²) in [6.07, 6.45) is 0.924. The number of nitrogens with zero attached hydrogens (tertiary/aromatic N) is 1. The van der Waals surface area contributed by atoms with Gasteiger partial charge in [-0.1, -0.05) is 24.3 Å². The lowest BCUT2D eigenvalue weighted by Gasteiger charge is -2.12. The minimum Gasteiger partial charge on any atom is -0.382 e. The van der Waals surface area contributed by atoms with Crippen LogP contribution in [0.4, 0.5) is 0 Å². The number of aliphatic imine (C=N–C) groups is 1. The van der Waals surface area contributed by atoms with Gasteiger partial charge in [0.2, 0.25) is 0 Å². The fourth-order valence-electron chi connectivity index (χ4n) is 2.03. The molecule has 0 atom stereocenters. The van der Waals surface area contributed by atoms with Gasteiger partial charge in [0, 0.05) is 41.0 Å². The topological polar surface area (TPSA) is 64.1 Å². The van der Waals surface area contributed by atoms with Crippen molar-refractivity contribution in [3.8, 4) is 0 Å². The Kier molecular flexibility index (Phi) is 15.0. The summed E-state index contributed by atoms with van der Waals surface area (Å²) >= 11 is 0. The molecule has 1 aromatic rings. The number of rotatable bonds is 11. The van der Waals surface area contributed by atoms with Crippen molar-refractivity contribution in [2.45, 2.75) is 19.6 Å². The van der Waals surface area contributed by atoms with Crippen molar-refractivity contribution in [2.75, 3.05) is 47.6 Å². The fourth-order valence-corrected chi connectivity index (χ4v) is 2.03. The molecule has 0 fully saturated rings. The molecule has 0 saturated carbocycles. The summed E-state index contributed by atoms with van der Waals surface area (Å²) in [7, 11) is 5.15. The molecule has 0 aliphatic heterocycles. The van der Waals surface area contributed by atoms with Crippen molar-refractivity contribution >= 4 is 29.9 Å². The van der Waals surface area contributed by atoms with Crippen LogP contribution in [0.15, 0.2) is 29.3 Å². The Morgan fingerprint density at radius 1 is 1.04 bits per heavy atom. The summed E-state index contributed by atoms with van der Waals surface area (Å²) in [6.45, 7) is 4.16. The van der Waals surface area contributed by atoms with Crippen LogP contribution in [0.1, 0.15) is 17.5 Å². The van der Waals surface area contributed by atoms with Gasteiger partial charge in [-0.3, -0.25) is 4.99 Å². The van der Waals surface area contributed by atoms with Crippen molar-refractivity contribution in [1.82, 2.24) is 10.6 Å². The van der Waals surface area contributed by atoms with E-state index in [1.54, 1.807) is 21.3 Å². The predicted octanol–water partition coefficient (Wildman–Crippen LogP) is 2.17. The highest BCUT2D eigenvalue weighted by atomic mass is 127. The van der Waals surface area contributed by atoms with Gasteiger partial charge < -0.3 is 24.8 Å². The van der Waals surface area contributed by atoms with Gasteiger partial charge in [-0.25, -0.2) is 0 Å². The van der Waals surface area contributed by atoms with Crippen LogP contribution < -0.4 is 10.6 Å². The molecule has 6 nitrogen and oxygen atoms in total. The second-order valence-corrected chi connectivity index (χ2v) is 5.06. The van der Waals surface area contributed by atoms with E-state index in [1.807, 2.05) is 6.07 Å². The first-order chi connectivity index (χ1) is 11.3. The third-order valence-electron chi connectivity index (χ3n) is 3.18. The lowest BCUT2D eigenvalue weighted by atomic mass is 10.1. The lowest BCUT2D eigenvalue weighted by molar-refractivity contribution is 0.0698. The molecule has 0 saturated heterocycles. The van der Waals surface area contributed by atoms with E-state index in [-0.39, 0.29) is 24.0 Å². The molecule has 2 N–H and O–H groups in total. The summed E-state index contributed by atoms with van der Waals surface area (Å²) in [4.78, 5) is 4.22. The molecule has 0 aliphatic rings. The minimum atomic E-state index is 0. The van der Waals surface area contributed by atoms with Crippen molar-refractivity contribution in [3.05, 3.63) is 35.4 Å². The maximum Gasteiger partial charge on any atom is 0.191 e. The molecular weight excluding hydrogens is 421 g/mol. The fraction of sp³-hybridized carbons (Fsp3) is 0.588. The molecule has 0 bridgehead atoms. The third kappa shape index (κ3) is 10.8. The van der Waals surface area contributed by atoms with E-state index in [9.17, 15) is 0 Å². The van der Waals surface area contributed by atoms with Crippen LogP contribution in [-0.2, 0) is 27.4 Å². The SMILES string of the molecule is CN=C(NCCCOCCOC)NCc1cccc(COC)c1.I. The molecule has 138 valence electrons. The highest BCUT2D eigenvalue weighted by Crippen LogP contribution is 2.06. The summed E-state index contributed by atoms with van der Waals surface area (Å²) in [6, 6.07) is 8.32. The van der Waals surface area contributed by atoms with Gasteiger partial charge in [-0.05, 0) is 17.5 Å². The zero-order valence-electron chi connectivity index (χ0n) is 14.8. The van der Waals surface area contributed by atoms with Crippen LogP contribution in [0.5, 0.6) is 0 Å². The highest BCUT2D eigenvalue weighted by Gasteiger charge is 1.99. The molecule has 0 spiro atoms. The Morgan fingerprint density at radius 3 is 2.54 bits per heavy atom. The average molecular weight is 451 g/mol. The molecule has 0 aliphatic carbocycles. The Hall–Kier alpha value is -0.900. The molecule has 1 rings (SSSR count). The Bertz CT molecular complexity index is 458. The normalized spacial score (nSPS) is 11.0. The Balaban J connectivity index is 0.00000529. The molecule has 7 heteroatoms. The first-order valence-corrected chi connectivity index (χ1v) is 7.88. The zero-order chi connectivity index (χ0) is 16.8. The van der Waals surface area contributed by atoms with E-state index in [1.165, 1.54) is 11.1 Å². The number of ether oxygens (including phenoxy) is 3. The van der Waals surface area contributed by atoms with Crippen LogP contribution in [0.3, 0.4) is 0 Å². The number of hydrogen-bond donors (Lipinski definition) is 2. The monoisotopic (exact) mass is 451 g/mol. The van der Waals surface area contributed by atoms with E-state index < -0.39 is 0 Å². The van der Waals surface area contributed by atoms with E-state index >= 15 is 0 Å². The highest BCUT2D eigenvalue weighted by molar-refractivity contribution is 14.0. The van der Waals surface area contributed by atoms with Gasteiger partial charge in [-0.15, -0.1) is 24.0 Å². The van der Waals surface area contributed by atoms with E-state index in [0.717, 1.165) is 25.5 Å². The second kappa shape index (κ2) is 15.6. The van der Waals surface area contributed by atoms with Gasteiger partial charge in [0.05, 0.1) is 19.8 Å². The lowest BCUT2D eigenvalue weighted by Crippen LogP contribution is -2.37. The average Bonchev–Trinajstić information content (AvgIpc) is 2.57. The maximum atomic E-state index is 5.42. The number of halogens is 1. The Labute approximate surface area is 162 Å². The molecule has 0 amide bonds. The van der Waals surface area contributed by atoms with Crippen LogP contribution in [-0.4, -0.2) is 53.6 Å². The third-order valence-corrected chi connectivity index (χ3v) is 3.18. The molecule has 0 unspecified atom stereocenters. The van der Waals surface area contributed by atoms with Crippen LogP contribution in [0.2, 0.25) is 0 Å². The molecule has 24 heavy (non-hydrogen) atoms. The van der Waals surface area contributed by atoms with Gasteiger partial charge in [0.25, 0.3) is 0 Å². The van der Waals surface area contributed by atoms with Gasteiger partial charge >= 0.3 is 0 Å². The maximum absolute atomic E-state index is 5.42. The van der Waals surface area contributed by atoms with Crippen molar-refractivity contribution in [2.24, 2.45) is 4.99 Å². The molecular formula is C17H30IN3O3. The van der Waals surface area contributed by atoms with Crippen molar-refractivity contribution in [1.29, 1.82) is 0 Å². The molecule has 0 aromatic heterocycles. The van der Waals surface area contributed by atoms with Crippen LogP contribution in [0.25, 0.3) is 0 Å². The molecule has 1 aromatic carbocycles. The zero-order valence-corrected chi connectivity index (χ0v) is 17.2. The minimum absolute atomic E-state index is 0. The predicted molar refractivity (Wildman–Crippen MR) is 108 cm³/mol. The summed E-state index contributed by atoms with van der Waals surface area (Å²) in [5.41, 5.74) is 2.37. The van der Waals surface area contributed by atoms with Crippen molar-refractivity contribution < 1.29 is 14.2 Å². The smallest absolute Gasteiger partial charge is 0.191 e. The van der Waals surface area contributed by atoms with E-state index in [2.05, 4.69) is 33.8 Å². The van der Waals surface area contributed by atoms with Crippen LogP contribution in [0, 0.1) is 0 Å². The van der Waals surface area contributed by atoms with Gasteiger partial charge in [0.1, 0.15) is 0 Å². The summed E-state index contributed by atoms with van der Waals surface area (Å²) in [5.74, 6) is 0.791. The van der Waals surface area contributed by atoms with Crippen LogP contribution >= 0.6 is 24.0 Å². The van der Waals surface area contributed by atoms with E-state index in [0.29, 0.717) is 26.4 Å². The van der Waals surface area contributed by atoms with Crippen molar-refractivity contribution in [3.63, 3.8) is 0 Å². The number of methoxy groups -OCH3 is 2. The second-order valence-electron chi connectivity index (χ2n) is 5.06. The number of guanidine groups is 1. The standard InChI is InChI=1S/C17H29N3O3.HI/c1-18-17(19-8-5-9-23-11-10-21-2)20-13-15-6-4-7-16(12-15)14-22-3;/h4,6-7,12H,5,8-11,13-14H2,1-3H3,(H2,18,19,20);1H. The number of benzene rings is 1. The van der Waals surface area contributed by atoms with E-state index in [4.69, 9.17) is 14.2 Å². The number of hydrogen-bond acceptors (Lipinski definition) is 4. The molecule has 0 heterocycles. The number of nitrogens with one attached hydrogen (secondary N) is 2. The summed E-state index contributed by atoms with van der Waals surface area (Å²) < 4.78 is 15.5. The Morgan fingerprint density at radius 2 is 1.83 bits per heavy atom. The van der Waals surface area contributed by atoms with Gasteiger partial charge in [0.15, 0.2) is 5.96 Å².